The lowest BCUT2D eigenvalue weighted by molar-refractivity contribution is -0.139. The highest BCUT2D eigenvalue weighted by atomic mass is 35.5. The molecule has 1 amide bonds. The topological polar surface area (TPSA) is 82.1 Å². The van der Waals surface area contributed by atoms with Crippen molar-refractivity contribution < 1.29 is 19.4 Å². The summed E-state index contributed by atoms with van der Waals surface area (Å²) in [6.45, 7) is 4.41. The van der Waals surface area contributed by atoms with Crippen LogP contribution in [0.15, 0.2) is 54.6 Å². The van der Waals surface area contributed by atoms with Crippen molar-refractivity contribution in [3.63, 3.8) is 0 Å². The molecular formula is C26H35Cl2N3O4. The van der Waals surface area contributed by atoms with Gasteiger partial charge in [-0.25, -0.2) is 4.79 Å². The maximum atomic E-state index is 13.6. The Kier molecular flexibility index (Phi) is 11.8. The zero-order valence-electron chi connectivity index (χ0n) is 19.8. The van der Waals surface area contributed by atoms with Crippen molar-refractivity contribution in [2.75, 3.05) is 32.8 Å². The highest BCUT2D eigenvalue weighted by Crippen LogP contribution is 2.25. The molecule has 192 valence electrons. The summed E-state index contributed by atoms with van der Waals surface area (Å²) < 4.78 is 5.21. The molecule has 4 rings (SSSR count). The van der Waals surface area contributed by atoms with Crippen LogP contribution in [0.25, 0.3) is 0 Å². The van der Waals surface area contributed by atoms with E-state index in [0.717, 1.165) is 44.6 Å². The predicted molar refractivity (Wildman–Crippen MR) is 141 cm³/mol. The average Bonchev–Trinajstić information content (AvgIpc) is 2.87. The first-order chi connectivity index (χ1) is 16.1. The molecule has 0 aromatic heterocycles. The third kappa shape index (κ3) is 8.10. The summed E-state index contributed by atoms with van der Waals surface area (Å²) in [7, 11) is 0. The van der Waals surface area contributed by atoms with Gasteiger partial charge in [-0.3, -0.25) is 4.79 Å². The van der Waals surface area contributed by atoms with E-state index >= 15 is 0 Å². The average molecular weight is 524 g/mol. The molecule has 9 heteroatoms. The van der Waals surface area contributed by atoms with E-state index in [2.05, 4.69) is 22.3 Å². The van der Waals surface area contributed by atoms with Gasteiger partial charge in [0, 0.05) is 37.3 Å². The molecule has 7 nitrogen and oxygen atoms in total. The van der Waals surface area contributed by atoms with Gasteiger partial charge in [0.05, 0.1) is 0 Å². The van der Waals surface area contributed by atoms with Crippen molar-refractivity contribution in [1.82, 2.24) is 15.1 Å². The Hall–Kier alpha value is -2.32. The van der Waals surface area contributed by atoms with E-state index in [1.807, 2.05) is 23.1 Å². The van der Waals surface area contributed by atoms with Crippen LogP contribution in [0.5, 0.6) is 5.75 Å². The molecule has 0 radical (unpaired) electrons. The molecule has 2 saturated heterocycles. The number of likely N-dealkylation sites (tertiary alicyclic amines) is 1. The summed E-state index contributed by atoms with van der Waals surface area (Å²) in [5.41, 5.74) is 1.71. The van der Waals surface area contributed by atoms with E-state index in [1.165, 1.54) is 12.8 Å². The van der Waals surface area contributed by atoms with Gasteiger partial charge in [0.25, 0.3) is 5.91 Å². The second-order valence-electron chi connectivity index (χ2n) is 8.87. The van der Waals surface area contributed by atoms with Gasteiger partial charge >= 0.3 is 5.97 Å². The van der Waals surface area contributed by atoms with Crippen molar-refractivity contribution in [2.45, 2.75) is 44.3 Å². The first kappa shape index (κ1) is 28.9. The standard InChI is InChI=1S/C26H33N3O4.2ClH/c30-25(31)19-33-24-8-6-21(7-9-24)26(32)29(18-20-4-2-1-3-5-20)23-12-16-28(17-13-23)22-10-14-27-15-11-22;;/h1-9,22-23,27H,10-19H2,(H,30,31);2*1H. The number of hydrogen-bond acceptors (Lipinski definition) is 5. The lowest BCUT2D eigenvalue weighted by Crippen LogP contribution is -2.51. The number of nitrogens with one attached hydrogen (secondary N) is 1. The molecule has 0 spiro atoms. The maximum absolute atomic E-state index is 13.6. The Morgan fingerprint density at radius 3 is 2.17 bits per heavy atom. The van der Waals surface area contributed by atoms with Crippen molar-refractivity contribution in [2.24, 2.45) is 0 Å². The number of carbonyl (C=O) groups excluding carboxylic acids is 1. The molecule has 0 atom stereocenters. The van der Waals surface area contributed by atoms with Gasteiger partial charge in [-0.15, -0.1) is 24.8 Å². The van der Waals surface area contributed by atoms with E-state index in [0.29, 0.717) is 23.9 Å². The normalized spacial score (nSPS) is 17.0. The summed E-state index contributed by atoms with van der Waals surface area (Å²) in [6.07, 6.45) is 4.35. The molecule has 0 unspecified atom stereocenters. The van der Waals surface area contributed by atoms with Crippen LogP contribution < -0.4 is 10.1 Å². The lowest BCUT2D eigenvalue weighted by atomic mass is 9.96. The van der Waals surface area contributed by atoms with Crippen LogP contribution in [0.4, 0.5) is 0 Å². The van der Waals surface area contributed by atoms with Crippen LogP contribution in [0.1, 0.15) is 41.6 Å². The van der Waals surface area contributed by atoms with Crippen LogP contribution in [0, 0.1) is 0 Å². The molecule has 2 heterocycles. The summed E-state index contributed by atoms with van der Waals surface area (Å²) in [5, 5.41) is 12.2. The minimum atomic E-state index is -1.03. The third-order valence-electron chi connectivity index (χ3n) is 6.69. The maximum Gasteiger partial charge on any atom is 0.341 e. The number of rotatable bonds is 8. The first-order valence-corrected chi connectivity index (χ1v) is 11.8. The number of amides is 1. The molecule has 2 aliphatic rings. The van der Waals surface area contributed by atoms with Gasteiger partial charge in [-0.1, -0.05) is 30.3 Å². The Bertz CT molecular complexity index is 916. The minimum absolute atomic E-state index is 0. The fraction of sp³-hybridized carbons (Fsp3) is 0.462. The van der Waals surface area contributed by atoms with E-state index in [9.17, 15) is 9.59 Å². The number of benzene rings is 2. The van der Waals surface area contributed by atoms with Crippen molar-refractivity contribution >= 4 is 36.7 Å². The molecule has 0 saturated carbocycles. The summed E-state index contributed by atoms with van der Waals surface area (Å²) in [6, 6.07) is 17.8. The predicted octanol–water partition coefficient (Wildman–Crippen LogP) is 3.85. The Morgan fingerprint density at radius 2 is 1.57 bits per heavy atom. The summed E-state index contributed by atoms with van der Waals surface area (Å²) in [4.78, 5) is 28.9. The van der Waals surface area contributed by atoms with Crippen molar-refractivity contribution in [3.8, 4) is 5.75 Å². The Balaban J connectivity index is 0.00000216. The van der Waals surface area contributed by atoms with Gasteiger partial charge < -0.3 is 25.0 Å². The highest BCUT2D eigenvalue weighted by molar-refractivity contribution is 5.94. The molecular weight excluding hydrogens is 489 g/mol. The fourth-order valence-corrected chi connectivity index (χ4v) is 4.89. The van der Waals surface area contributed by atoms with Gasteiger partial charge in [-0.2, -0.15) is 0 Å². The van der Waals surface area contributed by atoms with Gasteiger partial charge in [0.1, 0.15) is 5.75 Å². The van der Waals surface area contributed by atoms with E-state index in [4.69, 9.17) is 9.84 Å². The second kappa shape index (κ2) is 14.3. The molecule has 2 aliphatic heterocycles. The third-order valence-corrected chi connectivity index (χ3v) is 6.69. The number of hydrogen-bond donors (Lipinski definition) is 2. The van der Waals surface area contributed by atoms with Crippen LogP contribution >= 0.6 is 24.8 Å². The number of carboxylic acids is 1. The number of aliphatic carboxylic acids is 1. The number of ether oxygens (including phenoxy) is 1. The largest absolute Gasteiger partial charge is 0.482 e. The molecule has 0 aliphatic carbocycles. The fourth-order valence-electron chi connectivity index (χ4n) is 4.89. The van der Waals surface area contributed by atoms with E-state index in [1.54, 1.807) is 24.3 Å². The summed E-state index contributed by atoms with van der Waals surface area (Å²) in [5.74, 6) is -0.581. The van der Waals surface area contributed by atoms with Crippen LogP contribution in [-0.4, -0.2) is 71.7 Å². The number of carboxylic acid groups (broad SMARTS) is 1. The smallest absolute Gasteiger partial charge is 0.341 e. The van der Waals surface area contributed by atoms with E-state index < -0.39 is 12.6 Å². The molecule has 35 heavy (non-hydrogen) atoms. The summed E-state index contributed by atoms with van der Waals surface area (Å²) >= 11 is 0. The highest BCUT2D eigenvalue weighted by Gasteiger charge is 2.31. The molecule has 2 N–H and O–H groups in total. The van der Waals surface area contributed by atoms with Gasteiger partial charge in [0.2, 0.25) is 0 Å². The van der Waals surface area contributed by atoms with Gasteiger partial charge in [-0.05, 0) is 68.6 Å². The van der Waals surface area contributed by atoms with Crippen LogP contribution in [-0.2, 0) is 11.3 Å². The molecule has 2 fully saturated rings. The number of halogens is 2. The quantitative estimate of drug-likeness (QED) is 0.546. The van der Waals surface area contributed by atoms with Crippen LogP contribution in [0.2, 0.25) is 0 Å². The first-order valence-electron chi connectivity index (χ1n) is 11.8. The Labute approximate surface area is 219 Å². The zero-order chi connectivity index (χ0) is 23.0. The van der Waals surface area contributed by atoms with Crippen molar-refractivity contribution in [3.05, 3.63) is 65.7 Å². The SMILES string of the molecule is Cl.Cl.O=C(O)COc1ccc(C(=O)N(Cc2ccccc2)C2CCN(C3CCNCC3)CC2)cc1. The monoisotopic (exact) mass is 523 g/mol. The second-order valence-corrected chi connectivity index (χ2v) is 8.87. The number of piperidine rings is 2. The molecule has 2 aromatic rings. The zero-order valence-corrected chi connectivity index (χ0v) is 21.4. The van der Waals surface area contributed by atoms with E-state index in [-0.39, 0.29) is 36.8 Å². The number of carbonyl (C=O) groups is 2. The Morgan fingerprint density at radius 1 is 0.943 bits per heavy atom. The lowest BCUT2D eigenvalue weighted by Gasteiger charge is -2.42. The van der Waals surface area contributed by atoms with Crippen molar-refractivity contribution in [1.29, 1.82) is 0 Å². The van der Waals surface area contributed by atoms with Crippen LogP contribution in [0.3, 0.4) is 0 Å². The molecule has 2 aromatic carbocycles. The number of nitrogens with zero attached hydrogens (tertiary/aromatic N) is 2. The molecule has 0 bridgehead atoms. The minimum Gasteiger partial charge on any atom is -0.482 e. The van der Waals surface area contributed by atoms with Gasteiger partial charge in [0.15, 0.2) is 6.61 Å².